The first-order valence-corrected chi connectivity index (χ1v) is 10.9. The highest BCUT2D eigenvalue weighted by Crippen LogP contribution is 2.40. The van der Waals surface area contributed by atoms with Gasteiger partial charge in [-0.3, -0.25) is 9.78 Å². The molecule has 8 nitrogen and oxygen atoms in total. The number of nitrogens with zero attached hydrogens (tertiary/aromatic N) is 4. The highest BCUT2D eigenvalue weighted by molar-refractivity contribution is 6.00. The second-order valence-electron chi connectivity index (χ2n) is 9.40. The maximum absolute atomic E-state index is 12.5. The number of fused-ring (bicyclic) bond motifs is 3. The SMILES string of the molecule is CC(=O)c1c(C2C[C@H]3CC[C@@H](C2)N3)nc2c(-c3ccc(C(C)(C)O)nc3)cnn2c1N. The summed E-state index contributed by atoms with van der Waals surface area (Å²) in [6, 6.07) is 4.66. The molecule has 1 unspecified atom stereocenters. The second-order valence-corrected chi connectivity index (χ2v) is 9.40. The van der Waals surface area contributed by atoms with E-state index < -0.39 is 5.60 Å². The Morgan fingerprint density at radius 1 is 1.23 bits per heavy atom. The number of nitrogen functional groups attached to an aromatic ring is 1. The molecule has 2 bridgehead atoms. The van der Waals surface area contributed by atoms with Crippen LogP contribution in [0.1, 0.15) is 74.1 Å². The van der Waals surface area contributed by atoms with E-state index in [0.29, 0.717) is 34.8 Å². The Morgan fingerprint density at radius 3 is 2.52 bits per heavy atom. The first-order chi connectivity index (χ1) is 14.7. The zero-order valence-electron chi connectivity index (χ0n) is 18.1. The molecule has 162 valence electrons. The number of Topliss-reactive ketones (excluding diaryl/α,β-unsaturated/α-hetero) is 1. The molecule has 31 heavy (non-hydrogen) atoms. The third kappa shape index (κ3) is 3.40. The van der Waals surface area contributed by atoms with Crippen LogP contribution in [0.5, 0.6) is 0 Å². The van der Waals surface area contributed by atoms with E-state index in [1.807, 2.05) is 6.07 Å². The van der Waals surface area contributed by atoms with Crippen LogP contribution < -0.4 is 11.1 Å². The number of ketones is 1. The summed E-state index contributed by atoms with van der Waals surface area (Å²) in [5.74, 6) is 0.454. The Hall–Kier alpha value is -2.84. The van der Waals surface area contributed by atoms with Crippen LogP contribution in [0.2, 0.25) is 0 Å². The molecule has 5 heterocycles. The Morgan fingerprint density at radius 2 is 1.94 bits per heavy atom. The van der Waals surface area contributed by atoms with Gasteiger partial charge in [0, 0.05) is 35.3 Å². The Bertz CT molecular complexity index is 1150. The minimum atomic E-state index is -1.01. The van der Waals surface area contributed by atoms with Crippen molar-refractivity contribution >= 4 is 17.2 Å². The summed E-state index contributed by atoms with van der Waals surface area (Å²) in [4.78, 5) is 21.9. The number of aliphatic hydroxyl groups is 1. The molecule has 5 rings (SSSR count). The Balaban J connectivity index is 1.64. The lowest BCUT2D eigenvalue weighted by Gasteiger charge is -2.30. The van der Waals surface area contributed by atoms with Crippen LogP contribution in [0.4, 0.5) is 5.82 Å². The topological polar surface area (TPSA) is 118 Å². The van der Waals surface area contributed by atoms with Crippen molar-refractivity contribution in [1.29, 1.82) is 0 Å². The quantitative estimate of drug-likeness (QED) is 0.555. The molecular formula is C23H28N6O2. The lowest BCUT2D eigenvalue weighted by Crippen LogP contribution is -2.38. The van der Waals surface area contributed by atoms with E-state index in [0.717, 1.165) is 29.7 Å². The summed E-state index contributed by atoms with van der Waals surface area (Å²) < 4.78 is 1.55. The summed E-state index contributed by atoms with van der Waals surface area (Å²) in [5.41, 5.74) is 9.58. The largest absolute Gasteiger partial charge is 0.384 e. The smallest absolute Gasteiger partial charge is 0.165 e. The summed E-state index contributed by atoms with van der Waals surface area (Å²) >= 11 is 0. The lowest BCUT2D eigenvalue weighted by molar-refractivity contribution is 0.0739. The standard InChI is InChI=1S/C23H28N6O2/c1-12(30)19-20(14-8-15-5-6-16(9-14)27-15)28-22-17(11-26-29(22)21(19)24)13-4-7-18(25-10-13)23(2,3)31/h4,7,10-11,14-16,27,31H,5-6,8-9,24H2,1-3H3/t14?,15-,16+. The van der Waals surface area contributed by atoms with Crippen molar-refractivity contribution in [3.63, 3.8) is 0 Å². The van der Waals surface area contributed by atoms with Crippen LogP contribution in [0.15, 0.2) is 24.5 Å². The summed E-state index contributed by atoms with van der Waals surface area (Å²) in [6.45, 7) is 4.95. The zero-order chi connectivity index (χ0) is 21.9. The lowest BCUT2D eigenvalue weighted by atomic mass is 9.86. The number of hydrogen-bond acceptors (Lipinski definition) is 7. The van der Waals surface area contributed by atoms with E-state index in [9.17, 15) is 9.90 Å². The van der Waals surface area contributed by atoms with E-state index in [4.69, 9.17) is 10.7 Å². The van der Waals surface area contributed by atoms with E-state index >= 15 is 0 Å². The van der Waals surface area contributed by atoms with Crippen molar-refractivity contribution < 1.29 is 9.90 Å². The van der Waals surface area contributed by atoms with E-state index in [2.05, 4.69) is 15.4 Å². The normalized spacial score (nSPS) is 23.4. The molecule has 0 spiro atoms. The minimum absolute atomic E-state index is 0.0824. The highest BCUT2D eigenvalue weighted by Gasteiger charge is 2.37. The second kappa shape index (κ2) is 7.10. The van der Waals surface area contributed by atoms with E-state index in [1.165, 1.54) is 12.8 Å². The molecule has 3 atom stereocenters. The van der Waals surface area contributed by atoms with Gasteiger partial charge in [-0.1, -0.05) is 6.07 Å². The van der Waals surface area contributed by atoms with Gasteiger partial charge in [-0.05, 0) is 52.5 Å². The number of nitrogens with two attached hydrogens (primary N) is 1. The van der Waals surface area contributed by atoms with Crippen LogP contribution in [-0.4, -0.2) is 42.6 Å². The van der Waals surface area contributed by atoms with Gasteiger partial charge in [0.1, 0.15) is 11.4 Å². The molecule has 0 amide bonds. The number of piperidine rings is 1. The minimum Gasteiger partial charge on any atom is -0.384 e. The molecule has 2 saturated heterocycles. The van der Waals surface area contributed by atoms with Gasteiger partial charge >= 0.3 is 0 Å². The summed E-state index contributed by atoms with van der Waals surface area (Å²) in [6.07, 6.45) is 7.69. The molecule has 0 saturated carbocycles. The van der Waals surface area contributed by atoms with Gasteiger partial charge in [-0.25, -0.2) is 4.98 Å². The fourth-order valence-electron chi connectivity index (χ4n) is 5.09. The van der Waals surface area contributed by atoms with Gasteiger partial charge in [-0.15, -0.1) is 0 Å². The van der Waals surface area contributed by atoms with Gasteiger partial charge < -0.3 is 16.2 Å². The maximum atomic E-state index is 12.5. The number of pyridine rings is 1. The molecule has 0 radical (unpaired) electrons. The first kappa shape index (κ1) is 20.1. The molecule has 3 aromatic rings. The van der Waals surface area contributed by atoms with Crippen molar-refractivity contribution in [3.8, 4) is 11.1 Å². The van der Waals surface area contributed by atoms with Crippen LogP contribution in [0.3, 0.4) is 0 Å². The maximum Gasteiger partial charge on any atom is 0.165 e. The van der Waals surface area contributed by atoms with Crippen LogP contribution in [0.25, 0.3) is 16.8 Å². The van der Waals surface area contributed by atoms with Crippen LogP contribution in [-0.2, 0) is 5.60 Å². The number of hydrogen-bond donors (Lipinski definition) is 3. The van der Waals surface area contributed by atoms with E-state index in [1.54, 1.807) is 43.7 Å². The Kier molecular flexibility index (Phi) is 4.60. The first-order valence-electron chi connectivity index (χ1n) is 10.9. The van der Waals surface area contributed by atoms with Crippen molar-refractivity contribution in [1.82, 2.24) is 24.9 Å². The van der Waals surface area contributed by atoms with E-state index in [-0.39, 0.29) is 11.7 Å². The van der Waals surface area contributed by atoms with Crippen molar-refractivity contribution in [2.24, 2.45) is 0 Å². The van der Waals surface area contributed by atoms with Crippen molar-refractivity contribution in [3.05, 3.63) is 41.5 Å². The average Bonchev–Trinajstić information content (AvgIpc) is 3.29. The number of anilines is 1. The third-order valence-electron chi connectivity index (χ3n) is 6.62. The van der Waals surface area contributed by atoms with Gasteiger partial charge in [-0.2, -0.15) is 9.61 Å². The predicted molar refractivity (Wildman–Crippen MR) is 118 cm³/mol. The van der Waals surface area contributed by atoms with Gasteiger partial charge in [0.15, 0.2) is 11.4 Å². The highest BCUT2D eigenvalue weighted by atomic mass is 16.3. The van der Waals surface area contributed by atoms with Gasteiger partial charge in [0.2, 0.25) is 0 Å². The fourth-order valence-corrected chi connectivity index (χ4v) is 5.09. The molecule has 3 aromatic heterocycles. The molecule has 0 aromatic carbocycles. The molecule has 8 heteroatoms. The number of rotatable bonds is 4. The summed E-state index contributed by atoms with van der Waals surface area (Å²) in [5, 5.41) is 18.3. The molecular weight excluding hydrogens is 392 g/mol. The van der Waals surface area contributed by atoms with Crippen molar-refractivity contribution in [2.45, 2.75) is 70.1 Å². The number of nitrogens with one attached hydrogen (secondary N) is 1. The van der Waals surface area contributed by atoms with Crippen molar-refractivity contribution in [2.75, 3.05) is 5.73 Å². The molecule has 0 aliphatic carbocycles. The van der Waals surface area contributed by atoms with Gasteiger partial charge in [0.25, 0.3) is 0 Å². The van der Waals surface area contributed by atoms with Crippen LogP contribution in [0, 0.1) is 0 Å². The third-order valence-corrected chi connectivity index (χ3v) is 6.62. The fraction of sp³-hybridized carbons (Fsp3) is 0.478. The molecule has 2 aliphatic heterocycles. The average molecular weight is 421 g/mol. The summed E-state index contributed by atoms with van der Waals surface area (Å²) in [7, 11) is 0. The Labute approximate surface area is 180 Å². The van der Waals surface area contributed by atoms with Gasteiger partial charge in [0.05, 0.1) is 23.1 Å². The number of carbonyl (C=O) groups excluding carboxylic acids is 1. The molecule has 2 aliphatic rings. The molecule has 4 N–H and O–H groups in total. The molecule has 2 fully saturated rings. The number of carbonyl (C=O) groups is 1. The number of aromatic nitrogens is 4. The monoisotopic (exact) mass is 420 g/mol. The predicted octanol–water partition coefficient (Wildman–Crippen LogP) is 2.80. The zero-order valence-corrected chi connectivity index (χ0v) is 18.1. The van der Waals surface area contributed by atoms with Crippen LogP contribution >= 0.6 is 0 Å².